The third-order valence-corrected chi connectivity index (χ3v) is 8.84. The highest BCUT2D eigenvalue weighted by atomic mass is 16.5. The van der Waals surface area contributed by atoms with E-state index in [2.05, 4.69) is 6.07 Å². The minimum Gasteiger partial charge on any atom is -0.494 e. The summed E-state index contributed by atoms with van der Waals surface area (Å²) in [5.41, 5.74) is 3.37. The Morgan fingerprint density at radius 1 is 0.854 bits per heavy atom. The van der Waals surface area contributed by atoms with E-state index in [4.69, 9.17) is 4.74 Å². The van der Waals surface area contributed by atoms with Crippen LogP contribution in [0.15, 0.2) is 103 Å². The van der Waals surface area contributed by atoms with Gasteiger partial charge in [0.1, 0.15) is 17.2 Å². The maximum absolute atomic E-state index is 14.8. The number of anilines is 1. The van der Waals surface area contributed by atoms with Crippen molar-refractivity contribution in [2.24, 2.45) is 5.41 Å². The second-order valence-electron chi connectivity index (χ2n) is 11.0. The maximum Gasteiger partial charge on any atom is 0.185 e. The zero-order valence-electron chi connectivity index (χ0n) is 22.9. The van der Waals surface area contributed by atoms with E-state index in [1.165, 1.54) is 0 Å². The lowest BCUT2D eigenvalue weighted by Gasteiger charge is -2.37. The monoisotopic (exact) mass is 539 g/mol. The molecule has 41 heavy (non-hydrogen) atoms. The molecule has 5 heteroatoms. The first-order valence-corrected chi connectivity index (χ1v) is 14.0. The van der Waals surface area contributed by atoms with Gasteiger partial charge in [-0.3, -0.25) is 14.4 Å². The summed E-state index contributed by atoms with van der Waals surface area (Å²) in [5, 5.41) is 0. The normalized spacial score (nSPS) is 21.5. The van der Waals surface area contributed by atoms with Crippen LogP contribution in [0.4, 0.5) is 5.69 Å². The molecule has 1 fully saturated rings. The van der Waals surface area contributed by atoms with E-state index >= 15 is 0 Å². The maximum atomic E-state index is 14.8. The van der Waals surface area contributed by atoms with Crippen molar-refractivity contribution in [3.8, 4) is 5.75 Å². The molecular formula is C36H29NO4. The van der Waals surface area contributed by atoms with Crippen LogP contribution in [-0.4, -0.2) is 36.0 Å². The van der Waals surface area contributed by atoms with Crippen molar-refractivity contribution in [1.29, 1.82) is 0 Å². The van der Waals surface area contributed by atoms with E-state index in [1.54, 1.807) is 36.4 Å². The molecule has 0 aromatic heterocycles. The van der Waals surface area contributed by atoms with Crippen molar-refractivity contribution in [2.75, 3.05) is 11.5 Å². The highest BCUT2D eigenvalue weighted by Crippen LogP contribution is 2.62. The van der Waals surface area contributed by atoms with Gasteiger partial charge in [0.2, 0.25) is 0 Å². The minimum atomic E-state index is -1.55. The Morgan fingerprint density at radius 3 is 2.22 bits per heavy atom. The van der Waals surface area contributed by atoms with Crippen molar-refractivity contribution in [1.82, 2.24) is 0 Å². The molecule has 5 nitrogen and oxygen atoms in total. The van der Waals surface area contributed by atoms with Gasteiger partial charge < -0.3 is 9.64 Å². The number of hydrogen-bond donors (Lipinski definition) is 0. The van der Waals surface area contributed by atoms with Crippen molar-refractivity contribution in [2.45, 2.75) is 31.8 Å². The fourth-order valence-electron chi connectivity index (χ4n) is 7.24. The van der Waals surface area contributed by atoms with Gasteiger partial charge in [0.25, 0.3) is 0 Å². The van der Waals surface area contributed by atoms with Crippen molar-refractivity contribution >= 4 is 29.1 Å². The number of Topliss-reactive ketones (excluding diaryl/α,β-unsaturated/α-hetero) is 3. The lowest BCUT2D eigenvalue weighted by atomic mass is 9.64. The molecule has 0 bridgehead atoms. The lowest BCUT2D eigenvalue weighted by molar-refractivity contribution is 0.0664. The molecule has 0 saturated carbocycles. The summed E-state index contributed by atoms with van der Waals surface area (Å²) in [6.45, 7) is 4.34. The standard InChI is InChI=1S/C36H29NO4/c1-3-41-29-16-10-9-15-27(29)31-32(33(38)23-11-5-4-6-12-23)37-28-19-17-22(2)21-24(28)18-20-30(37)36(31)34(39)25-13-7-8-14-26(25)35(36)40/h4-21,30-32H,3H2,1-2H3/t30-,31+,32-/m1/s1. The summed E-state index contributed by atoms with van der Waals surface area (Å²) in [4.78, 5) is 46.3. The van der Waals surface area contributed by atoms with Crippen LogP contribution in [0.25, 0.3) is 6.08 Å². The first-order valence-electron chi connectivity index (χ1n) is 14.0. The molecular weight excluding hydrogens is 510 g/mol. The fourth-order valence-corrected chi connectivity index (χ4v) is 7.24. The number of carbonyl (C=O) groups is 3. The number of ether oxygens (including phenoxy) is 1. The first kappa shape index (κ1) is 25.2. The van der Waals surface area contributed by atoms with Gasteiger partial charge in [0.15, 0.2) is 17.3 Å². The Kier molecular flexibility index (Phi) is 5.79. The summed E-state index contributed by atoms with van der Waals surface area (Å²) in [7, 11) is 0. The first-order chi connectivity index (χ1) is 20.0. The van der Waals surface area contributed by atoms with E-state index < -0.39 is 23.4 Å². The van der Waals surface area contributed by atoms with Gasteiger partial charge in [0, 0.05) is 33.9 Å². The van der Waals surface area contributed by atoms with Crippen LogP contribution in [-0.2, 0) is 0 Å². The van der Waals surface area contributed by atoms with E-state index in [9.17, 15) is 14.4 Å². The van der Waals surface area contributed by atoms with Crippen molar-refractivity contribution in [3.63, 3.8) is 0 Å². The Morgan fingerprint density at radius 2 is 1.51 bits per heavy atom. The van der Waals surface area contributed by atoms with Crippen LogP contribution >= 0.6 is 0 Å². The van der Waals surface area contributed by atoms with E-state index in [-0.39, 0.29) is 17.3 Å². The van der Waals surface area contributed by atoms with Crippen LogP contribution in [0.2, 0.25) is 0 Å². The zero-order valence-corrected chi connectivity index (χ0v) is 22.9. The Labute approximate surface area is 239 Å². The number of aryl methyl sites for hydroxylation is 1. The summed E-state index contributed by atoms with van der Waals surface area (Å²) in [6.07, 6.45) is 3.95. The highest BCUT2D eigenvalue weighted by Gasteiger charge is 2.71. The second kappa shape index (κ2) is 9.41. The molecule has 2 aliphatic heterocycles. The van der Waals surface area contributed by atoms with Crippen LogP contribution < -0.4 is 9.64 Å². The van der Waals surface area contributed by atoms with Gasteiger partial charge >= 0.3 is 0 Å². The fraction of sp³-hybridized carbons (Fsp3) is 0.194. The van der Waals surface area contributed by atoms with Crippen molar-refractivity contribution < 1.29 is 19.1 Å². The van der Waals surface area contributed by atoms with Crippen molar-refractivity contribution in [3.05, 3.63) is 137 Å². The predicted octanol–water partition coefficient (Wildman–Crippen LogP) is 6.71. The molecule has 0 amide bonds. The van der Waals surface area contributed by atoms with E-state index in [1.807, 2.05) is 85.5 Å². The zero-order chi connectivity index (χ0) is 28.3. The molecule has 1 spiro atoms. The number of ketones is 3. The van der Waals surface area contributed by atoms with Gasteiger partial charge in [-0.05, 0) is 37.6 Å². The number of benzene rings is 4. The molecule has 0 N–H and O–H groups in total. The quantitative estimate of drug-likeness (QED) is 0.208. The predicted molar refractivity (Wildman–Crippen MR) is 159 cm³/mol. The summed E-state index contributed by atoms with van der Waals surface area (Å²) in [6, 6.07) is 28.3. The molecule has 4 aromatic rings. The van der Waals surface area contributed by atoms with Crippen LogP contribution in [0.1, 0.15) is 60.6 Å². The SMILES string of the molecule is CCOc1ccccc1[C@H]1[C@H](C(=O)c2ccccc2)N2c3ccc(C)cc3C=C[C@@H]2C12C(=O)c1ccccc1C2=O. The number of fused-ring (bicyclic) bond motifs is 5. The minimum absolute atomic E-state index is 0.137. The molecule has 1 aliphatic carbocycles. The van der Waals surface area contributed by atoms with E-state index in [0.717, 1.165) is 16.8 Å². The smallest absolute Gasteiger partial charge is 0.185 e. The summed E-state index contributed by atoms with van der Waals surface area (Å²) < 4.78 is 6.10. The number of nitrogens with zero attached hydrogens (tertiary/aromatic N) is 1. The molecule has 3 atom stereocenters. The Bertz CT molecular complexity index is 1720. The molecule has 4 aromatic carbocycles. The van der Waals surface area contributed by atoms with Gasteiger partial charge in [-0.15, -0.1) is 0 Å². The third kappa shape index (κ3) is 3.45. The van der Waals surface area contributed by atoms with Gasteiger partial charge in [0.05, 0.1) is 12.6 Å². The van der Waals surface area contributed by atoms with Gasteiger partial charge in [-0.2, -0.15) is 0 Å². The molecule has 1 saturated heterocycles. The Hall–Kier alpha value is -4.77. The molecule has 202 valence electrons. The molecule has 0 radical (unpaired) electrons. The highest BCUT2D eigenvalue weighted by molar-refractivity contribution is 6.32. The third-order valence-electron chi connectivity index (χ3n) is 8.84. The topological polar surface area (TPSA) is 63.7 Å². The number of hydrogen-bond acceptors (Lipinski definition) is 5. The van der Waals surface area contributed by atoms with Crippen LogP contribution in [0.5, 0.6) is 5.75 Å². The number of carbonyl (C=O) groups excluding carboxylic acids is 3. The second-order valence-corrected chi connectivity index (χ2v) is 11.0. The molecule has 2 heterocycles. The largest absolute Gasteiger partial charge is 0.494 e. The average Bonchev–Trinajstić information content (AvgIpc) is 3.43. The summed E-state index contributed by atoms with van der Waals surface area (Å²) >= 11 is 0. The number of para-hydroxylation sites is 1. The van der Waals surface area contributed by atoms with Crippen LogP contribution in [0, 0.1) is 12.3 Å². The summed E-state index contributed by atoms with van der Waals surface area (Å²) in [5.74, 6) is -0.842. The van der Waals surface area contributed by atoms with Gasteiger partial charge in [-0.1, -0.05) is 96.6 Å². The van der Waals surface area contributed by atoms with Crippen LogP contribution in [0.3, 0.4) is 0 Å². The molecule has 0 unspecified atom stereocenters. The number of rotatable bonds is 5. The van der Waals surface area contributed by atoms with E-state index in [0.29, 0.717) is 34.6 Å². The molecule has 3 aliphatic rings. The average molecular weight is 540 g/mol. The lowest BCUT2D eigenvalue weighted by Crippen LogP contribution is -2.48. The molecule has 7 rings (SSSR count). The van der Waals surface area contributed by atoms with Gasteiger partial charge in [-0.25, -0.2) is 0 Å². The Balaban J connectivity index is 1.57.